The zero-order valence-corrected chi connectivity index (χ0v) is 13.8. The van der Waals surface area contributed by atoms with Gasteiger partial charge in [-0.1, -0.05) is 18.2 Å². The highest BCUT2D eigenvalue weighted by atomic mass is 32.2. The van der Waals surface area contributed by atoms with Gasteiger partial charge in [0, 0.05) is 0 Å². The first-order valence-electron chi connectivity index (χ1n) is 7.40. The Kier molecular flexibility index (Phi) is 4.86. The Bertz CT molecular complexity index is 808. The monoisotopic (exact) mass is 341 g/mol. The molecule has 24 heavy (non-hydrogen) atoms. The summed E-state index contributed by atoms with van der Waals surface area (Å²) in [6.07, 6.45) is 6.58. The predicted octanol–water partition coefficient (Wildman–Crippen LogP) is 4.48. The van der Waals surface area contributed by atoms with Gasteiger partial charge in [-0.25, -0.2) is 4.90 Å². The number of imide groups is 1. The van der Waals surface area contributed by atoms with Gasteiger partial charge in [-0.2, -0.15) is 0 Å². The van der Waals surface area contributed by atoms with E-state index in [9.17, 15) is 9.59 Å². The van der Waals surface area contributed by atoms with Crippen molar-refractivity contribution in [2.75, 3.05) is 11.5 Å². The highest BCUT2D eigenvalue weighted by molar-refractivity contribution is 8.18. The van der Waals surface area contributed by atoms with Crippen LogP contribution in [-0.4, -0.2) is 17.8 Å². The minimum absolute atomic E-state index is 0.343. The Balaban J connectivity index is 1.84. The third kappa shape index (κ3) is 3.28. The number of carbonyl (C=O) groups excluding carboxylic acids is 2. The van der Waals surface area contributed by atoms with E-state index in [1.54, 1.807) is 60.9 Å². The molecule has 1 aliphatic rings. The quantitative estimate of drug-likeness (QED) is 0.751. The first-order valence-corrected chi connectivity index (χ1v) is 8.22. The highest BCUT2D eigenvalue weighted by Gasteiger charge is 2.37. The summed E-state index contributed by atoms with van der Waals surface area (Å²) in [7, 11) is 0. The van der Waals surface area contributed by atoms with Gasteiger partial charge in [0.15, 0.2) is 0 Å². The van der Waals surface area contributed by atoms with Gasteiger partial charge in [0.25, 0.3) is 11.1 Å². The maximum Gasteiger partial charge on any atom is 0.298 e. The van der Waals surface area contributed by atoms with Crippen molar-refractivity contribution in [2.45, 2.75) is 6.92 Å². The lowest BCUT2D eigenvalue weighted by atomic mass is 10.2. The topological polar surface area (TPSA) is 59.8 Å². The number of amides is 2. The molecule has 2 amide bonds. The summed E-state index contributed by atoms with van der Waals surface area (Å²) < 4.78 is 10.7. The number of thioether (sulfide) groups is 1. The van der Waals surface area contributed by atoms with Crippen LogP contribution in [0.25, 0.3) is 6.08 Å². The van der Waals surface area contributed by atoms with Crippen LogP contribution in [0.2, 0.25) is 0 Å². The molecule has 0 spiro atoms. The molecule has 0 radical (unpaired) electrons. The molecule has 1 saturated heterocycles. The first kappa shape index (κ1) is 16.1. The molecule has 0 saturated carbocycles. The molecule has 1 aromatic heterocycles. The van der Waals surface area contributed by atoms with E-state index in [-0.39, 0.29) is 11.1 Å². The maximum absolute atomic E-state index is 12.6. The van der Waals surface area contributed by atoms with Crippen LogP contribution in [0.15, 0.2) is 64.1 Å². The number of ether oxygens (including phenoxy) is 1. The van der Waals surface area contributed by atoms with Gasteiger partial charge >= 0.3 is 0 Å². The number of furan rings is 1. The van der Waals surface area contributed by atoms with E-state index in [0.29, 0.717) is 28.7 Å². The van der Waals surface area contributed by atoms with Crippen molar-refractivity contribution in [1.82, 2.24) is 0 Å². The molecule has 0 unspecified atom stereocenters. The smallest absolute Gasteiger partial charge is 0.298 e. The van der Waals surface area contributed by atoms with Crippen molar-refractivity contribution in [1.29, 1.82) is 0 Å². The second-order valence-corrected chi connectivity index (χ2v) is 5.81. The number of carbonyl (C=O) groups is 2. The SMILES string of the molecule is CCOc1ccccc1N1C(=O)S/C(=C/C=C/c2ccco2)C1=O. The van der Waals surface area contributed by atoms with Crippen molar-refractivity contribution in [2.24, 2.45) is 0 Å². The van der Waals surface area contributed by atoms with Gasteiger partial charge < -0.3 is 9.15 Å². The lowest BCUT2D eigenvalue weighted by Gasteiger charge is -2.16. The molecule has 1 fully saturated rings. The number of rotatable bonds is 5. The molecule has 122 valence electrons. The highest BCUT2D eigenvalue weighted by Crippen LogP contribution is 2.38. The van der Waals surface area contributed by atoms with Crippen molar-refractivity contribution in [3.63, 3.8) is 0 Å². The van der Waals surface area contributed by atoms with Crippen molar-refractivity contribution >= 4 is 34.7 Å². The average Bonchev–Trinajstić information content (AvgIpc) is 3.18. The number of benzene rings is 1. The maximum atomic E-state index is 12.6. The summed E-state index contributed by atoms with van der Waals surface area (Å²) in [6, 6.07) is 10.6. The molecular weight excluding hydrogens is 326 g/mol. The number of nitrogens with zero attached hydrogens (tertiary/aromatic N) is 1. The predicted molar refractivity (Wildman–Crippen MR) is 93.9 cm³/mol. The van der Waals surface area contributed by atoms with Gasteiger partial charge in [0.2, 0.25) is 0 Å². The van der Waals surface area contributed by atoms with Crippen molar-refractivity contribution < 1.29 is 18.7 Å². The summed E-state index contributed by atoms with van der Waals surface area (Å²) in [5, 5.41) is -0.343. The van der Waals surface area contributed by atoms with Gasteiger partial charge in [-0.3, -0.25) is 9.59 Å². The fourth-order valence-corrected chi connectivity index (χ4v) is 3.01. The van der Waals surface area contributed by atoms with Crippen LogP contribution in [0.1, 0.15) is 12.7 Å². The number of para-hydroxylation sites is 2. The van der Waals surface area contributed by atoms with E-state index in [2.05, 4.69) is 0 Å². The number of allylic oxidation sites excluding steroid dienone is 2. The second-order valence-electron chi connectivity index (χ2n) is 4.81. The molecule has 1 aliphatic heterocycles. The van der Waals surface area contributed by atoms with Crippen LogP contribution >= 0.6 is 11.8 Å². The first-order chi connectivity index (χ1) is 11.7. The molecule has 5 nitrogen and oxygen atoms in total. The molecule has 2 heterocycles. The molecular formula is C18H15NO4S. The lowest BCUT2D eigenvalue weighted by Crippen LogP contribution is -2.28. The molecule has 3 rings (SSSR count). The Morgan fingerprint density at radius 2 is 2.04 bits per heavy atom. The van der Waals surface area contributed by atoms with Crippen molar-refractivity contribution in [3.05, 3.63) is 65.5 Å². The molecule has 0 aliphatic carbocycles. The number of hydrogen-bond donors (Lipinski definition) is 0. The van der Waals surface area contributed by atoms with E-state index in [1.165, 1.54) is 0 Å². The number of hydrogen-bond acceptors (Lipinski definition) is 5. The van der Waals surface area contributed by atoms with Crippen molar-refractivity contribution in [3.8, 4) is 5.75 Å². The minimum Gasteiger partial charge on any atom is -0.492 e. The molecule has 1 aromatic carbocycles. The molecule has 6 heteroatoms. The molecule has 0 atom stereocenters. The minimum atomic E-state index is -0.360. The second kappa shape index (κ2) is 7.23. The lowest BCUT2D eigenvalue weighted by molar-refractivity contribution is -0.113. The summed E-state index contributed by atoms with van der Waals surface area (Å²) >= 11 is 0.902. The summed E-state index contributed by atoms with van der Waals surface area (Å²) in [5.41, 5.74) is 0.459. The average molecular weight is 341 g/mol. The summed E-state index contributed by atoms with van der Waals surface area (Å²) in [4.78, 5) is 26.3. The third-order valence-electron chi connectivity index (χ3n) is 3.25. The normalized spacial score (nSPS) is 16.5. The van der Waals surface area contributed by atoms with Crippen LogP contribution in [-0.2, 0) is 4.79 Å². The third-order valence-corrected chi connectivity index (χ3v) is 4.14. The molecule has 2 aromatic rings. The van der Waals surface area contributed by atoms with Crippen LogP contribution in [0.5, 0.6) is 5.75 Å². The van der Waals surface area contributed by atoms with Gasteiger partial charge in [-0.15, -0.1) is 0 Å². The largest absolute Gasteiger partial charge is 0.492 e. The van der Waals surface area contributed by atoms with Crippen LogP contribution < -0.4 is 9.64 Å². The fourth-order valence-electron chi connectivity index (χ4n) is 2.23. The van der Waals surface area contributed by atoms with E-state index >= 15 is 0 Å². The fraction of sp³-hybridized carbons (Fsp3) is 0.111. The zero-order valence-electron chi connectivity index (χ0n) is 13.0. The van der Waals surface area contributed by atoms with Crippen LogP contribution in [0.4, 0.5) is 10.5 Å². The van der Waals surface area contributed by atoms with Gasteiger partial charge in [0.1, 0.15) is 11.5 Å². The van der Waals surface area contributed by atoms with Crippen LogP contribution in [0.3, 0.4) is 0 Å². The van der Waals surface area contributed by atoms with E-state index in [0.717, 1.165) is 16.7 Å². The molecule has 0 N–H and O–H groups in total. The van der Waals surface area contributed by atoms with Gasteiger partial charge in [0.05, 0.1) is 23.5 Å². The summed E-state index contributed by atoms with van der Waals surface area (Å²) in [5.74, 6) is 0.822. The van der Waals surface area contributed by atoms with E-state index in [1.807, 2.05) is 6.92 Å². The summed E-state index contributed by atoms with van der Waals surface area (Å²) in [6.45, 7) is 2.30. The Labute approximate surface area is 143 Å². The Morgan fingerprint density at radius 1 is 1.21 bits per heavy atom. The number of anilines is 1. The molecule has 0 bridgehead atoms. The zero-order chi connectivity index (χ0) is 16.9. The Morgan fingerprint density at radius 3 is 2.79 bits per heavy atom. The van der Waals surface area contributed by atoms with E-state index in [4.69, 9.17) is 9.15 Å². The van der Waals surface area contributed by atoms with Crippen LogP contribution in [0, 0.1) is 0 Å². The van der Waals surface area contributed by atoms with E-state index < -0.39 is 0 Å². The standard InChI is InChI=1S/C18H15NO4S/c1-2-22-15-10-4-3-9-14(15)19-17(20)16(24-18(19)21)11-5-7-13-8-6-12-23-13/h3-12H,2H2,1H3/b7-5+,16-11+. The Hall–Kier alpha value is -2.73. The van der Waals surface area contributed by atoms with Gasteiger partial charge in [-0.05, 0) is 55.1 Å².